The number of amides is 2. The van der Waals surface area contributed by atoms with E-state index in [-0.39, 0.29) is 30.5 Å². The molecule has 0 bridgehead atoms. The highest BCUT2D eigenvalue weighted by Gasteiger charge is 2.23. The molecule has 1 atom stereocenters. The molecule has 160 valence electrons. The van der Waals surface area contributed by atoms with Crippen molar-refractivity contribution in [2.24, 2.45) is 0 Å². The van der Waals surface area contributed by atoms with Gasteiger partial charge < -0.3 is 15.4 Å². The Morgan fingerprint density at radius 2 is 1.57 bits per heavy atom. The van der Waals surface area contributed by atoms with E-state index < -0.39 is 23.4 Å². The van der Waals surface area contributed by atoms with Gasteiger partial charge in [-0.25, -0.2) is 13.2 Å². The highest BCUT2D eigenvalue weighted by atomic mass is 19.1. The van der Waals surface area contributed by atoms with Crippen molar-refractivity contribution >= 4 is 11.8 Å². The van der Waals surface area contributed by atoms with Crippen LogP contribution in [0.15, 0.2) is 42.5 Å². The smallest absolute Gasteiger partial charge is 0.251 e. The monoisotopic (exact) mass is 421 g/mol. The van der Waals surface area contributed by atoms with E-state index in [1.807, 2.05) is 0 Å². The quantitative estimate of drug-likeness (QED) is 0.718. The summed E-state index contributed by atoms with van der Waals surface area (Å²) in [6.45, 7) is 2.35. The maximum Gasteiger partial charge on any atom is 0.251 e. The molecule has 2 amide bonds. The van der Waals surface area contributed by atoms with Crippen LogP contribution in [-0.2, 0) is 9.53 Å². The first kappa shape index (κ1) is 21.8. The van der Waals surface area contributed by atoms with Crippen LogP contribution in [0.4, 0.5) is 13.2 Å². The van der Waals surface area contributed by atoms with E-state index in [4.69, 9.17) is 4.74 Å². The molecule has 1 aliphatic heterocycles. The summed E-state index contributed by atoms with van der Waals surface area (Å²) in [5.74, 6) is -3.32. The molecule has 2 aromatic rings. The van der Waals surface area contributed by atoms with Gasteiger partial charge in [0.25, 0.3) is 5.91 Å². The standard InChI is InChI=1S/C21H22F3N3O3/c22-16-3-1-14(2-4-16)19(27-5-7-30-8-6-27)12-25-20(28)13-26-21(29)15-9-17(23)11-18(24)10-15/h1-4,9-11,19H,5-8,12-13H2,(H,25,28)(H,26,29). The molecule has 1 fully saturated rings. The molecular weight excluding hydrogens is 399 g/mol. The van der Waals surface area contributed by atoms with Crippen molar-refractivity contribution in [1.29, 1.82) is 0 Å². The molecule has 0 aromatic heterocycles. The molecule has 0 aliphatic carbocycles. The average molecular weight is 421 g/mol. The molecule has 1 aliphatic rings. The second-order valence-electron chi connectivity index (χ2n) is 6.86. The van der Waals surface area contributed by atoms with Gasteiger partial charge in [0.2, 0.25) is 5.91 Å². The van der Waals surface area contributed by atoms with Crippen LogP contribution in [0, 0.1) is 17.5 Å². The maximum atomic E-state index is 13.3. The number of carbonyl (C=O) groups is 2. The number of nitrogens with zero attached hydrogens (tertiary/aromatic N) is 1. The lowest BCUT2D eigenvalue weighted by molar-refractivity contribution is -0.120. The van der Waals surface area contributed by atoms with Crippen LogP contribution >= 0.6 is 0 Å². The summed E-state index contributed by atoms with van der Waals surface area (Å²) >= 11 is 0. The molecule has 1 saturated heterocycles. The predicted octanol–water partition coefficient (Wildman–Crippen LogP) is 2.02. The van der Waals surface area contributed by atoms with Crippen LogP contribution in [0.5, 0.6) is 0 Å². The first-order valence-corrected chi connectivity index (χ1v) is 9.50. The van der Waals surface area contributed by atoms with Crippen LogP contribution < -0.4 is 10.6 Å². The van der Waals surface area contributed by atoms with Gasteiger partial charge in [-0.2, -0.15) is 0 Å². The Hall–Kier alpha value is -2.91. The zero-order chi connectivity index (χ0) is 21.5. The number of ether oxygens (including phenoxy) is 1. The van der Waals surface area contributed by atoms with E-state index in [2.05, 4.69) is 15.5 Å². The van der Waals surface area contributed by atoms with Gasteiger partial charge in [0.1, 0.15) is 17.5 Å². The number of benzene rings is 2. The van der Waals surface area contributed by atoms with Crippen molar-refractivity contribution in [2.75, 3.05) is 39.4 Å². The Kier molecular flexibility index (Phi) is 7.42. The second-order valence-corrected chi connectivity index (χ2v) is 6.86. The van der Waals surface area contributed by atoms with Crippen molar-refractivity contribution < 1.29 is 27.5 Å². The summed E-state index contributed by atoms with van der Waals surface area (Å²) in [5, 5.41) is 5.08. The molecule has 6 nitrogen and oxygen atoms in total. The number of morpholine rings is 1. The molecule has 0 saturated carbocycles. The molecule has 2 aromatic carbocycles. The van der Waals surface area contributed by atoms with E-state index in [1.54, 1.807) is 12.1 Å². The van der Waals surface area contributed by atoms with E-state index in [0.717, 1.165) is 17.7 Å². The van der Waals surface area contributed by atoms with E-state index in [1.165, 1.54) is 12.1 Å². The van der Waals surface area contributed by atoms with Crippen LogP contribution in [0.1, 0.15) is 22.0 Å². The Bertz CT molecular complexity index is 867. The summed E-state index contributed by atoms with van der Waals surface area (Å²) in [6.07, 6.45) is 0. The lowest BCUT2D eigenvalue weighted by Crippen LogP contribution is -2.45. The molecule has 30 heavy (non-hydrogen) atoms. The number of hydrogen-bond donors (Lipinski definition) is 2. The maximum absolute atomic E-state index is 13.3. The summed E-state index contributed by atoms with van der Waals surface area (Å²) < 4.78 is 45.1. The number of nitrogens with one attached hydrogen (secondary N) is 2. The van der Waals surface area contributed by atoms with E-state index in [9.17, 15) is 22.8 Å². The van der Waals surface area contributed by atoms with Gasteiger partial charge in [-0.05, 0) is 29.8 Å². The van der Waals surface area contributed by atoms with Crippen molar-refractivity contribution in [3.05, 3.63) is 71.0 Å². The fraction of sp³-hybridized carbons (Fsp3) is 0.333. The van der Waals surface area contributed by atoms with Crippen LogP contribution in [-0.4, -0.2) is 56.1 Å². The van der Waals surface area contributed by atoms with Gasteiger partial charge in [-0.3, -0.25) is 14.5 Å². The molecule has 1 heterocycles. The topological polar surface area (TPSA) is 70.7 Å². The van der Waals surface area contributed by atoms with Crippen LogP contribution in [0.3, 0.4) is 0 Å². The van der Waals surface area contributed by atoms with Gasteiger partial charge >= 0.3 is 0 Å². The van der Waals surface area contributed by atoms with Crippen LogP contribution in [0.25, 0.3) is 0 Å². The van der Waals surface area contributed by atoms with Gasteiger partial charge in [-0.15, -0.1) is 0 Å². The SMILES string of the molecule is O=C(CNC(=O)c1cc(F)cc(F)c1)NCC(c1ccc(F)cc1)N1CCOCC1. The second kappa shape index (κ2) is 10.2. The molecule has 9 heteroatoms. The lowest BCUT2D eigenvalue weighted by Gasteiger charge is -2.35. The first-order chi connectivity index (χ1) is 14.4. The Morgan fingerprint density at radius 3 is 2.20 bits per heavy atom. The van der Waals surface area contributed by atoms with E-state index >= 15 is 0 Å². The Balaban J connectivity index is 1.57. The molecule has 1 unspecified atom stereocenters. The molecular formula is C21H22F3N3O3. The fourth-order valence-electron chi connectivity index (χ4n) is 3.25. The van der Waals surface area contributed by atoms with Crippen LogP contribution in [0.2, 0.25) is 0 Å². The largest absolute Gasteiger partial charge is 0.379 e. The molecule has 0 spiro atoms. The third-order valence-corrected chi connectivity index (χ3v) is 4.77. The highest BCUT2D eigenvalue weighted by Crippen LogP contribution is 2.21. The first-order valence-electron chi connectivity index (χ1n) is 9.50. The van der Waals surface area contributed by atoms with Gasteiger partial charge in [-0.1, -0.05) is 12.1 Å². The minimum absolute atomic E-state index is 0.188. The fourth-order valence-corrected chi connectivity index (χ4v) is 3.25. The molecule has 0 radical (unpaired) electrons. The minimum Gasteiger partial charge on any atom is -0.379 e. The Morgan fingerprint density at radius 1 is 0.933 bits per heavy atom. The predicted molar refractivity (Wildman–Crippen MR) is 103 cm³/mol. The summed E-state index contributed by atoms with van der Waals surface area (Å²) in [7, 11) is 0. The molecule has 3 rings (SSSR count). The lowest BCUT2D eigenvalue weighted by atomic mass is 10.0. The van der Waals surface area contributed by atoms with E-state index in [0.29, 0.717) is 32.4 Å². The summed E-state index contributed by atoms with van der Waals surface area (Å²) in [6, 6.07) is 8.31. The third-order valence-electron chi connectivity index (χ3n) is 4.77. The van der Waals surface area contributed by atoms with Crippen molar-refractivity contribution in [1.82, 2.24) is 15.5 Å². The zero-order valence-corrected chi connectivity index (χ0v) is 16.2. The van der Waals surface area contributed by atoms with Gasteiger partial charge in [0, 0.05) is 31.3 Å². The van der Waals surface area contributed by atoms with Gasteiger partial charge in [0.05, 0.1) is 25.8 Å². The average Bonchev–Trinajstić information content (AvgIpc) is 2.73. The summed E-state index contributed by atoms with van der Waals surface area (Å²) in [4.78, 5) is 26.3. The number of halogens is 3. The zero-order valence-electron chi connectivity index (χ0n) is 16.2. The third kappa shape index (κ3) is 6.04. The number of rotatable bonds is 7. The molecule has 2 N–H and O–H groups in total. The van der Waals surface area contributed by atoms with Crippen molar-refractivity contribution in [3.8, 4) is 0 Å². The highest BCUT2D eigenvalue weighted by molar-refractivity contribution is 5.96. The minimum atomic E-state index is -0.878. The van der Waals surface area contributed by atoms with Crippen molar-refractivity contribution in [2.45, 2.75) is 6.04 Å². The van der Waals surface area contributed by atoms with Crippen molar-refractivity contribution in [3.63, 3.8) is 0 Å². The van der Waals surface area contributed by atoms with Gasteiger partial charge in [0.15, 0.2) is 0 Å². The Labute approximate surface area is 172 Å². The number of hydrogen-bond acceptors (Lipinski definition) is 4. The normalized spacial score (nSPS) is 15.4. The summed E-state index contributed by atoms with van der Waals surface area (Å²) in [5.41, 5.74) is 0.635. The number of carbonyl (C=O) groups excluding carboxylic acids is 2.